The quantitative estimate of drug-likeness (QED) is 0.805. The van der Waals surface area contributed by atoms with Crippen LogP contribution in [0.25, 0.3) is 0 Å². The Balaban J connectivity index is 2.15. The van der Waals surface area contributed by atoms with E-state index in [1.807, 2.05) is 6.92 Å². The zero-order chi connectivity index (χ0) is 13.0. The van der Waals surface area contributed by atoms with Gasteiger partial charge in [0, 0.05) is 30.9 Å². The molecule has 1 aromatic rings. The minimum absolute atomic E-state index is 0.602. The second-order valence-corrected chi connectivity index (χ2v) is 5.10. The summed E-state index contributed by atoms with van der Waals surface area (Å²) in [5.74, 6) is 1.86. The van der Waals surface area contributed by atoms with Gasteiger partial charge in [-0.25, -0.2) is 4.98 Å². The van der Waals surface area contributed by atoms with Crippen LogP contribution in [0.15, 0.2) is 6.07 Å². The highest BCUT2D eigenvalue weighted by atomic mass is 15.2. The Morgan fingerprint density at radius 1 is 1.22 bits per heavy atom. The number of hydrogen-bond donors (Lipinski definition) is 1. The Labute approximate surface area is 110 Å². The molecule has 0 atom stereocenters. The minimum atomic E-state index is 0.602. The van der Waals surface area contributed by atoms with Crippen LogP contribution in [0.2, 0.25) is 0 Å². The zero-order valence-electron chi connectivity index (χ0n) is 11.7. The Bertz CT molecular complexity index is 381. The summed E-state index contributed by atoms with van der Waals surface area (Å²) in [5, 5.41) is 3.39. The minimum Gasteiger partial charge on any atom is -0.356 e. The highest BCUT2D eigenvalue weighted by Gasteiger charge is 2.22. The Hall–Kier alpha value is -1.32. The van der Waals surface area contributed by atoms with Crippen molar-refractivity contribution in [2.75, 3.05) is 23.3 Å². The molecule has 0 unspecified atom stereocenters. The van der Waals surface area contributed by atoms with Crippen LogP contribution in [0.1, 0.15) is 45.2 Å². The zero-order valence-corrected chi connectivity index (χ0v) is 11.7. The molecule has 0 saturated heterocycles. The molecule has 1 N–H and O–H groups in total. The summed E-state index contributed by atoms with van der Waals surface area (Å²) in [6.45, 7) is 8.58. The third-order valence-corrected chi connectivity index (χ3v) is 3.06. The van der Waals surface area contributed by atoms with Crippen LogP contribution in [0.3, 0.4) is 0 Å². The summed E-state index contributed by atoms with van der Waals surface area (Å²) in [6, 6.07) is 2.69. The van der Waals surface area contributed by atoms with Gasteiger partial charge < -0.3 is 10.2 Å². The van der Waals surface area contributed by atoms with Crippen molar-refractivity contribution in [3.05, 3.63) is 11.8 Å². The molecule has 1 fully saturated rings. The molecule has 18 heavy (non-hydrogen) atoms. The fourth-order valence-corrected chi connectivity index (χ4v) is 2.07. The molecule has 2 rings (SSSR count). The molecule has 0 radical (unpaired) electrons. The van der Waals surface area contributed by atoms with E-state index in [2.05, 4.69) is 40.1 Å². The van der Waals surface area contributed by atoms with E-state index in [-0.39, 0.29) is 0 Å². The molecular weight excluding hydrogens is 224 g/mol. The first-order valence-corrected chi connectivity index (χ1v) is 7.10. The smallest absolute Gasteiger partial charge is 0.225 e. The molecule has 1 heterocycles. The predicted octanol–water partition coefficient (Wildman–Crippen LogP) is 2.99. The van der Waals surface area contributed by atoms with Crippen LogP contribution in [-0.2, 0) is 0 Å². The molecule has 1 saturated carbocycles. The summed E-state index contributed by atoms with van der Waals surface area (Å²) >= 11 is 0. The van der Waals surface area contributed by atoms with E-state index in [0.29, 0.717) is 6.04 Å². The van der Waals surface area contributed by atoms with E-state index >= 15 is 0 Å². The SMILES string of the molecule is CCCN(CCC)c1cc(C)nc(NC2CC2)n1. The number of nitrogens with one attached hydrogen (secondary N) is 1. The van der Waals surface area contributed by atoms with Gasteiger partial charge in [-0.3, -0.25) is 0 Å². The van der Waals surface area contributed by atoms with Crippen molar-refractivity contribution < 1.29 is 0 Å². The number of nitrogens with zero attached hydrogens (tertiary/aromatic N) is 3. The molecule has 0 aromatic carbocycles. The number of hydrogen-bond acceptors (Lipinski definition) is 4. The highest BCUT2D eigenvalue weighted by Crippen LogP contribution is 2.24. The van der Waals surface area contributed by atoms with Gasteiger partial charge in [-0.2, -0.15) is 4.98 Å². The normalized spacial score (nSPS) is 14.6. The van der Waals surface area contributed by atoms with Gasteiger partial charge in [-0.1, -0.05) is 13.8 Å². The van der Waals surface area contributed by atoms with Gasteiger partial charge in [0.25, 0.3) is 0 Å². The first-order valence-electron chi connectivity index (χ1n) is 7.10. The van der Waals surface area contributed by atoms with Gasteiger partial charge in [0.2, 0.25) is 5.95 Å². The first-order chi connectivity index (χ1) is 8.72. The summed E-state index contributed by atoms with van der Waals surface area (Å²) in [6.07, 6.45) is 4.80. The van der Waals surface area contributed by atoms with E-state index < -0.39 is 0 Å². The van der Waals surface area contributed by atoms with E-state index in [9.17, 15) is 0 Å². The average molecular weight is 248 g/mol. The second-order valence-electron chi connectivity index (χ2n) is 5.10. The van der Waals surface area contributed by atoms with Crippen molar-refractivity contribution in [1.82, 2.24) is 9.97 Å². The third kappa shape index (κ3) is 3.59. The van der Waals surface area contributed by atoms with E-state index in [1.165, 1.54) is 12.8 Å². The lowest BCUT2D eigenvalue weighted by Gasteiger charge is -2.23. The van der Waals surface area contributed by atoms with Crippen LogP contribution in [0.4, 0.5) is 11.8 Å². The molecule has 0 spiro atoms. The average Bonchev–Trinajstić information content (AvgIpc) is 3.12. The first kappa shape index (κ1) is 13.1. The fourth-order valence-electron chi connectivity index (χ4n) is 2.07. The van der Waals surface area contributed by atoms with Gasteiger partial charge in [-0.05, 0) is 32.6 Å². The topological polar surface area (TPSA) is 41.1 Å². The molecule has 1 aliphatic carbocycles. The van der Waals surface area contributed by atoms with Gasteiger partial charge in [0.05, 0.1) is 0 Å². The summed E-state index contributed by atoms with van der Waals surface area (Å²) < 4.78 is 0. The van der Waals surface area contributed by atoms with Gasteiger partial charge in [-0.15, -0.1) is 0 Å². The highest BCUT2D eigenvalue weighted by molar-refractivity contribution is 5.45. The lowest BCUT2D eigenvalue weighted by Crippen LogP contribution is -2.26. The van der Waals surface area contributed by atoms with Gasteiger partial charge in [0.1, 0.15) is 5.82 Å². The van der Waals surface area contributed by atoms with Crippen molar-refractivity contribution in [1.29, 1.82) is 0 Å². The Kier molecular flexibility index (Phi) is 4.39. The third-order valence-electron chi connectivity index (χ3n) is 3.06. The number of aromatic nitrogens is 2. The van der Waals surface area contributed by atoms with Crippen molar-refractivity contribution in [2.24, 2.45) is 0 Å². The molecular formula is C14H24N4. The maximum atomic E-state index is 4.66. The summed E-state index contributed by atoms with van der Waals surface area (Å²) in [7, 11) is 0. The van der Waals surface area contributed by atoms with Gasteiger partial charge >= 0.3 is 0 Å². The lowest BCUT2D eigenvalue weighted by atomic mass is 10.3. The molecule has 4 heteroatoms. The molecule has 1 aromatic heterocycles. The fraction of sp³-hybridized carbons (Fsp3) is 0.714. The Morgan fingerprint density at radius 3 is 2.44 bits per heavy atom. The van der Waals surface area contributed by atoms with Gasteiger partial charge in [0.15, 0.2) is 0 Å². The number of anilines is 2. The molecule has 100 valence electrons. The van der Waals surface area contributed by atoms with Crippen molar-refractivity contribution in [3.63, 3.8) is 0 Å². The van der Waals surface area contributed by atoms with Crippen LogP contribution in [0, 0.1) is 6.92 Å². The van der Waals surface area contributed by atoms with Crippen LogP contribution < -0.4 is 10.2 Å². The van der Waals surface area contributed by atoms with E-state index in [1.54, 1.807) is 0 Å². The summed E-state index contributed by atoms with van der Waals surface area (Å²) in [5.41, 5.74) is 1.04. The van der Waals surface area contributed by atoms with Crippen LogP contribution in [-0.4, -0.2) is 29.1 Å². The molecule has 0 aliphatic heterocycles. The standard InChI is InChI=1S/C14H24N4/c1-4-8-18(9-5-2)13-10-11(3)15-14(17-13)16-12-6-7-12/h10,12H,4-9H2,1-3H3,(H,15,16,17). The second kappa shape index (κ2) is 6.03. The van der Waals surface area contributed by atoms with E-state index in [0.717, 1.165) is 43.4 Å². The maximum Gasteiger partial charge on any atom is 0.225 e. The molecule has 0 amide bonds. The monoisotopic (exact) mass is 248 g/mol. The molecule has 1 aliphatic rings. The molecule has 4 nitrogen and oxygen atoms in total. The lowest BCUT2D eigenvalue weighted by molar-refractivity contribution is 0.732. The van der Waals surface area contributed by atoms with Crippen LogP contribution in [0.5, 0.6) is 0 Å². The van der Waals surface area contributed by atoms with E-state index in [4.69, 9.17) is 0 Å². The summed E-state index contributed by atoms with van der Waals surface area (Å²) in [4.78, 5) is 11.5. The van der Waals surface area contributed by atoms with Crippen LogP contribution >= 0.6 is 0 Å². The predicted molar refractivity (Wildman–Crippen MR) is 76.2 cm³/mol. The van der Waals surface area contributed by atoms with Crippen molar-refractivity contribution in [2.45, 2.75) is 52.5 Å². The maximum absolute atomic E-state index is 4.66. The van der Waals surface area contributed by atoms with Crippen molar-refractivity contribution in [3.8, 4) is 0 Å². The Morgan fingerprint density at radius 2 is 1.89 bits per heavy atom. The number of aryl methyl sites for hydroxylation is 1. The van der Waals surface area contributed by atoms with Crippen molar-refractivity contribution >= 4 is 11.8 Å². The molecule has 0 bridgehead atoms. The largest absolute Gasteiger partial charge is 0.356 e. The number of rotatable bonds is 7.